The van der Waals surface area contributed by atoms with Gasteiger partial charge < -0.3 is 15.8 Å². The Morgan fingerprint density at radius 2 is 1.50 bits per heavy atom. The third kappa shape index (κ3) is 6.00. The van der Waals surface area contributed by atoms with Crippen molar-refractivity contribution >= 4 is 11.8 Å². The molecule has 0 fully saturated rings. The molecule has 0 aliphatic carbocycles. The molecule has 28 heavy (non-hydrogen) atoms. The first-order valence-electron chi connectivity index (χ1n) is 8.61. The zero-order valence-corrected chi connectivity index (χ0v) is 15.4. The van der Waals surface area contributed by atoms with E-state index in [1.54, 1.807) is 0 Å². The Morgan fingerprint density at radius 3 is 1.93 bits per heavy atom. The highest BCUT2D eigenvalue weighted by Gasteiger charge is 2.30. The number of halogens is 3. The van der Waals surface area contributed by atoms with Gasteiger partial charge in [-0.1, -0.05) is 13.8 Å². The van der Waals surface area contributed by atoms with E-state index in [0.717, 1.165) is 12.1 Å². The third-order valence-corrected chi connectivity index (χ3v) is 3.89. The van der Waals surface area contributed by atoms with Crippen molar-refractivity contribution in [1.82, 2.24) is 5.32 Å². The van der Waals surface area contributed by atoms with E-state index < -0.39 is 29.6 Å². The Hall–Kier alpha value is -3.03. The highest BCUT2D eigenvalue weighted by molar-refractivity contribution is 5.97. The fourth-order valence-corrected chi connectivity index (χ4v) is 2.48. The van der Waals surface area contributed by atoms with Gasteiger partial charge in [0.25, 0.3) is 5.91 Å². The van der Waals surface area contributed by atoms with Gasteiger partial charge in [0.1, 0.15) is 17.5 Å². The Morgan fingerprint density at radius 1 is 1.00 bits per heavy atom. The molecule has 0 aromatic heterocycles. The van der Waals surface area contributed by atoms with Crippen LogP contribution in [0.25, 0.3) is 0 Å². The highest BCUT2D eigenvalue weighted by Crippen LogP contribution is 2.31. The predicted molar refractivity (Wildman–Crippen MR) is 97.9 cm³/mol. The average Bonchev–Trinajstić information content (AvgIpc) is 2.61. The largest absolute Gasteiger partial charge is 0.457 e. The van der Waals surface area contributed by atoms with Gasteiger partial charge in [-0.25, -0.2) is 0 Å². The second-order valence-corrected chi connectivity index (χ2v) is 6.71. The van der Waals surface area contributed by atoms with Crippen molar-refractivity contribution in [2.75, 3.05) is 0 Å². The molecule has 1 atom stereocenters. The molecule has 0 aliphatic rings. The SMILES string of the molecule is CC(C)CC(NC(=O)c1ccc(Oc2ccc(C(F)(F)F)cc2)cc1)C(N)=O. The Labute approximate surface area is 160 Å². The summed E-state index contributed by atoms with van der Waals surface area (Å²) in [5.41, 5.74) is 4.85. The van der Waals surface area contributed by atoms with Crippen molar-refractivity contribution in [3.8, 4) is 11.5 Å². The number of amides is 2. The standard InChI is InChI=1S/C20H21F3N2O3/c1-12(2)11-17(18(24)26)25-19(27)13-3-7-15(8-4-13)28-16-9-5-14(6-10-16)20(21,22)23/h3-10,12,17H,11H2,1-2H3,(H2,24,26)(H,25,27). The molecule has 8 heteroatoms. The summed E-state index contributed by atoms with van der Waals surface area (Å²) >= 11 is 0. The quantitative estimate of drug-likeness (QED) is 0.741. The lowest BCUT2D eigenvalue weighted by atomic mass is 10.0. The Kier molecular flexibility index (Phi) is 6.66. The van der Waals surface area contributed by atoms with Gasteiger partial charge in [0.05, 0.1) is 5.56 Å². The number of ether oxygens (including phenoxy) is 1. The van der Waals surface area contributed by atoms with E-state index in [0.29, 0.717) is 17.7 Å². The van der Waals surface area contributed by atoms with E-state index in [9.17, 15) is 22.8 Å². The van der Waals surface area contributed by atoms with Crippen molar-refractivity contribution < 1.29 is 27.5 Å². The van der Waals surface area contributed by atoms with Gasteiger partial charge in [-0.3, -0.25) is 9.59 Å². The molecule has 0 radical (unpaired) electrons. The van der Waals surface area contributed by atoms with Crippen LogP contribution < -0.4 is 15.8 Å². The smallest absolute Gasteiger partial charge is 0.416 e. The van der Waals surface area contributed by atoms with Gasteiger partial charge in [-0.15, -0.1) is 0 Å². The maximum atomic E-state index is 12.6. The molecule has 1 unspecified atom stereocenters. The molecule has 0 bridgehead atoms. The average molecular weight is 394 g/mol. The lowest BCUT2D eigenvalue weighted by Gasteiger charge is -2.17. The maximum Gasteiger partial charge on any atom is 0.416 e. The number of carbonyl (C=O) groups is 2. The molecule has 2 rings (SSSR count). The van der Waals surface area contributed by atoms with E-state index in [1.807, 2.05) is 13.8 Å². The van der Waals surface area contributed by atoms with E-state index in [1.165, 1.54) is 36.4 Å². The number of carbonyl (C=O) groups excluding carboxylic acids is 2. The summed E-state index contributed by atoms with van der Waals surface area (Å²) in [6.07, 6.45) is -3.98. The van der Waals surface area contributed by atoms with Gasteiger partial charge in [0.15, 0.2) is 0 Å². The first-order chi connectivity index (χ1) is 13.1. The number of nitrogens with one attached hydrogen (secondary N) is 1. The van der Waals surface area contributed by atoms with Crippen LogP contribution >= 0.6 is 0 Å². The van der Waals surface area contributed by atoms with Gasteiger partial charge in [-0.05, 0) is 60.9 Å². The zero-order valence-electron chi connectivity index (χ0n) is 15.4. The minimum absolute atomic E-state index is 0.178. The van der Waals surface area contributed by atoms with Crippen molar-refractivity contribution in [2.24, 2.45) is 11.7 Å². The van der Waals surface area contributed by atoms with Crippen LogP contribution in [-0.2, 0) is 11.0 Å². The van der Waals surface area contributed by atoms with Crippen molar-refractivity contribution in [3.63, 3.8) is 0 Å². The van der Waals surface area contributed by atoms with Crippen molar-refractivity contribution in [3.05, 3.63) is 59.7 Å². The molecule has 3 N–H and O–H groups in total. The molecule has 2 aromatic carbocycles. The minimum Gasteiger partial charge on any atom is -0.457 e. The molecular formula is C20H21F3N2O3. The number of hydrogen-bond acceptors (Lipinski definition) is 3. The van der Waals surface area contributed by atoms with Gasteiger partial charge in [-0.2, -0.15) is 13.2 Å². The molecule has 0 aliphatic heterocycles. The minimum atomic E-state index is -4.41. The molecule has 150 valence electrons. The molecule has 2 amide bonds. The number of rotatable bonds is 7. The Balaban J connectivity index is 2.02. The molecule has 5 nitrogen and oxygen atoms in total. The van der Waals surface area contributed by atoms with Crippen LogP contribution in [0.4, 0.5) is 13.2 Å². The monoisotopic (exact) mass is 394 g/mol. The van der Waals surface area contributed by atoms with Crippen LogP contribution in [0.2, 0.25) is 0 Å². The fraction of sp³-hybridized carbons (Fsp3) is 0.300. The molecule has 0 saturated carbocycles. The number of primary amides is 1. The number of nitrogens with two attached hydrogens (primary N) is 1. The van der Waals surface area contributed by atoms with E-state index >= 15 is 0 Å². The Bertz CT molecular complexity index is 816. The number of benzene rings is 2. The van der Waals surface area contributed by atoms with Crippen LogP contribution in [0.15, 0.2) is 48.5 Å². The van der Waals surface area contributed by atoms with Crippen LogP contribution in [0.5, 0.6) is 11.5 Å². The van der Waals surface area contributed by atoms with Crippen molar-refractivity contribution in [1.29, 1.82) is 0 Å². The summed E-state index contributed by atoms with van der Waals surface area (Å²) < 4.78 is 43.2. The lowest BCUT2D eigenvalue weighted by molar-refractivity contribution is -0.137. The van der Waals surface area contributed by atoms with E-state index in [2.05, 4.69) is 5.32 Å². The van der Waals surface area contributed by atoms with Gasteiger partial charge in [0.2, 0.25) is 5.91 Å². The fourth-order valence-electron chi connectivity index (χ4n) is 2.48. The summed E-state index contributed by atoms with van der Waals surface area (Å²) in [6, 6.07) is 9.51. The summed E-state index contributed by atoms with van der Waals surface area (Å²) in [5.74, 6) is -0.298. The molecule has 0 heterocycles. The molecule has 0 spiro atoms. The van der Waals surface area contributed by atoms with Crippen LogP contribution in [0.3, 0.4) is 0 Å². The molecule has 0 saturated heterocycles. The first-order valence-corrected chi connectivity index (χ1v) is 8.61. The van der Waals surface area contributed by atoms with Gasteiger partial charge >= 0.3 is 6.18 Å². The van der Waals surface area contributed by atoms with Crippen LogP contribution in [-0.4, -0.2) is 17.9 Å². The van der Waals surface area contributed by atoms with E-state index in [4.69, 9.17) is 10.5 Å². The third-order valence-electron chi connectivity index (χ3n) is 3.89. The highest BCUT2D eigenvalue weighted by atomic mass is 19.4. The lowest BCUT2D eigenvalue weighted by Crippen LogP contribution is -2.45. The zero-order chi connectivity index (χ0) is 20.9. The second-order valence-electron chi connectivity index (χ2n) is 6.71. The van der Waals surface area contributed by atoms with Crippen molar-refractivity contribution in [2.45, 2.75) is 32.5 Å². The maximum absolute atomic E-state index is 12.6. The number of alkyl halides is 3. The molecular weight excluding hydrogens is 373 g/mol. The van der Waals surface area contributed by atoms with Crippen LogP contribution in [0, 0.1) is 5.92 Å². The second kappa shape index (κ2) is 8.77. The van der Waals surface area contributed by atoms with Crippen LogP contribution in [0.1, 0.15) is 36.2 Å². The first kappa shape index (κ1) is 21.3. The summed E-state index contributed by atoms with van der Waals surface area (Å²) in [7, 11) is 0. The molecule has 2 aromatic rings. The number of hydrogen-bond donors (Lipinski definition) is 2. The summed E-state index contributed by atoms with van der Waals surface area (Å²) in [4.78, 5) is 23.7. The predicted octanol–water partition coefficient (Wildman–Crippen LogP) is 4.13. The topological polar surface area (TPSA) is 81.4 Å². The van der Waals surface area contributed by atoms with E-state index in [-0.39, 0.29) is 11.7 Å². The summed E-state index contributed by atoms with van der Waals surface area (Å²) in [5, 5.41) is 2.59. The summed E-state index contributed by atoms with van der Waals surface area (Å²) in [6.45, 7) is 3.82. The normalized spacial score (nSPS) is 12.5. The van der Waals surface area contributed by atoms with Gasteiger partial charge in [0, 0.05) is 5.56 Å².